The molecule has 2 heterocycles. The van der Waals surface area contributed by atoms with E-state index in [0.717, 1.165) is 45.5 Å². The molecule has 0 aliphatic carbocycles. The Morgan fingerprint density at radius 1 is 0.750 bits per heavy atom. The second-order valence-corrected chi connectivity index (χ2v) is 7.02. The second kappa shape index (κ2) is 6.57. The first-order chi connectivity index (χ1) is 13.7. The van der Waals surface area contributed by atoms with Crippen molar-refractivity contribution in [2.75, 3.05) is 6.79 Å². The van der Waals surface area contributed by atoms with Gasteiger partial charge in [-0.15, -0.1) is 0 Å². The summed E-state index contributed by atoms with van der Waals surface area (Å²) in [6.45, 7) is 4.44. The topological polar surface area (TPSA) is 40.0 Å². The van der Waals surface area contributed by atoms with E-state index in [1.54, 1.807) is 0 Å². The van der Waals surface area contributed by atoms with Crippen molar-refractivity contribution in [3.05, 3.63) is 89.0 Å². The molecule has 0 unspecified atom stereocenters. The molecule has 0 aromatic heterocycles. The van der Waals surface area contributed by atoms with E-state index in [1.165, 1.54) is 11.1 Å². The zero-order chi connectivity index (χ0) is 19.1. The van der Waals surface area contributed by atoms with Crippen LogP contribution in [0.25, 0.3) is 5.76 Å². The highest BCUT2D eigenvalue weighted by Gasteiger charge is 2.19. The summed E-state index contributed by atoms with van der Waals surface area (Å²) < 4.78 is 17.2. The van der Waals surface area contributed by atoms with Gasteiger partial charge in [-0.2, -0.15) is 0 Å². The van der Waals surface area contributed by atoms with E-state index in [-0.39, 0.29) is 6.79 Å². The van der Waals surface area contributed by atoms with Crippen LogP contribution < -0.4 is 14.2 Å². The van der Waals surface area contributed by atoms with Gasteiger partial charge in [-0.05, 0) is 56.3 Å². The summed E-state index contributed by atoms with van der Waals surface area (Å²) in [5.74, 6) is 2.93. The molecule has 138 valence electrons. The number of para-hydroxylation sites is 2. The van der Waals surface area contributed by atoms with Gasteiger partial charge >= 0.3 is 0 Å². The summed E-state index contributed by atoms with van der Waals surface area (Å²) in [4.78, 5) is 4.90. The number of nitrogens with zero attached hydrogens (tertiary/aromatic N) is 1. The highest BCUT2D eigenvalue weighted by molar-refractivity contribution is 6.13. The lowest BCUT2D eigenvalue weighted by Crippen LogP contribution is -2.01. The molecule has 0 saturated heterocycles. The van der Waals surface area contributed by atoms with Gasteiger partial charge < -0.3 is 14.2 Å². The highest BCUT2D eigenvalue weighted by atomic mass is 16.7. The molecule has 0 saturated carbocycles. The number of hydrogen-bond donors (Lipinski definition) is 0. The third-order valence-electron chi connectivity index (χ3n) is 4.77. The Morgan fingerprint density at radius 3 is 2.39 bits per heavy atom. The number of benzene rings is 3. The molecule has 3 aromatic carbocycles. The summed E-state index contributed by atoms with van der Waals surface area (Å²) >= 11 is 0. The van der Waals surface area contributed by atoms with E-state index in [1.807, 2.05) is 48.5 Å². The minimum Gasteiger partial charge on any atom is -0.454 e. The third-order valence-corrected chi connectivity index (χ3v) is 4.77. The first-order valence-corrected chi connectivity index (χ1v) is 9.22. The Hall–Kier alpha value is -3.53. The van der Waals surface area contributed by atoms with Crippen LogP contribution in [0.3, 0.4) is 0 Å². The van der Waals surface area contributed by atoms with E-state index in [2.05, 4.69) is 32.0 Å². The average molecular weight is 369 g/mol. The highest BCUT2D eigenvalue weighted by Crippen LogP contribution is 2.38. The minimum absolute atomic E-state index is 0.247. The van der Waals surface area contributed by atoms with E-state index in [0.29, 0.717) is 0 Å². The number of ether oxygens (including phenoxy) is 3. The van der Waals surface area contributed by atoms with Crippen LogP contribution in [0.4, 0.5) is 5.69 Å². The van der Waals surface area contributed by atoms with Crippen molar-refractivity contribution in [3.63, 3.8) is 0 Å². The number of hydrogen-bond acceptors (Lipinski definition) is 4. The Morgan fingerprint density at radius 2 is 1.54 bits per heavy atom. The Kier molecular flexibility index (Phi) is 3.90. The number of rotatable bonds is 2. The predicted molar refractivity (Wildman–Crippen MR) is 110 cm³/mol. The molecule has 0 amide bonds. The van der Waals surface area contributed by atoms with Gasteiger partial charge in [0, 0.05) is 17.2 Å². The monoisotopic (exact) mass is 369 g/mol. The van der Waals surface area contributed by atoms with Gasteiger partial charge in [-0.25, -0.2) is 4.99 Å². The molecule has 0 fully saturated rings. The summed E-state index contributed by atoms with van der Waals surface area (Å²) in [5.41, 5.74) is 6.06. The van der Waals surface area contributed by atoms with Crippen molar-refractivity contribution in [1.82, 2.24) is 0 Å². The molecule has 4 nitrogen and oxygen atoms in total. The fourth-order valence-corrected chi connectivity index (χ4v) is 3.53. The van der Waals surface area contributed by atoms with Crippen molar-refractivity contribution in [3.8, 4) is 17.2 Å². The van der Waals surface area contributed by atoms with Crippen LogP contribution in [-0.2, 0) is 0 Å². The van der Waals surface area contributed by atoms with Crippen molar-refractivity contribution < 1.29 is 14.2 Å². The molecule has 4 heteroatoms. The van der Waals surface area contributed by atoms with Crippen LogP contribution in [0, 0.1) is 13.8 Å². The van der Waals surface area contributed by atoms with Crippen molar-refractivity contribution in [2.45, 2.75) is 13.8 Å². The molecule has 0 bridgehead atoms. The van der Waals surface area contributed by atoms with E-state index in [9.17, 15) is 0 Å². The van der Waals surface area contributed by atoms with Crippen molar-refractivity contribution in [2.24, 2.45) is 4.99 Å². The van der Waals surface area contributed by atoms with Crippen LogP contribution in [0.15, 0.2) is 71.7 Å². The van der Waals surface area contributed by atoms with Gasteiger partial charge in [0.25, 0.3) is 0 Å². The molecule has 3 aromatic rings. The fraction of sp³-hybridized carbons (Fsp3) is 0.125. The van der Waals surface area contributed by atoms with Gasteiger partial charge in [0.05, 0.1) is 5.71 Å². The van der Waals surface area contributed by atoms with Gasteiger partial charge in [-0.3, -0.25) is 0 Å². The molecule has 2 aliphatic rings. The maximum atomic E-state index is 6.27. The average Bonchev–Trinajstić information content (AvgIpc) is 3.06. The third kappa shape index (κ3) is 3.03. The number of aliphatic imine (C=N–C) groups is 1. The summed E-state index contributed by atoms with van der Waals surface area (Å²) in [7, 11) is 0. The molecule has 5 rings (SSSR count). The smallest absolute Gasteiger partial charge is 0.231 e. The molecular formula is C24H19NO3. The lowest BCUT2D eigenvalue weighted by atomic mass is 10.0. The molecule has 0 spiro atoms. The van der Waals surface area contributed by atoms with Crippen molar-refractivity contribution >= 4 is 17.2 Å². The quantitative estimate of drug-likeness (QED) is 0.591. The Balaban J connectivity index is 1.67. The lowest BCUT2D eigenvalue weighted by molar-refractivity contribution is 0.174. The van der Waals surface area contributed by atoms with E-state index >= 15 is 0 Å². The second-order valence-electron chi connectivity index (χ2n) is 7.02. The van der Waals surface area contributed by atoms with Gasteiger partial charge in [0.2, 0.25) is 6.79 Å². The minimum atomic E-state index is 0.247. The summed E-state index contributed by atoms with van der Waals surface area (Å²) in [6.07, 6.45) is 1.99. The largest absolute Gasteiger partial charge is 0.454 e. The molecule has 0 atom stereocenters. The maximum Gasteiger partial charge on any atom is 0.231 e. The number of fused-ring (bicyclic) bond motifs is 2. The zero-order valence-electron chi connectivity index (χ0n) is 15.7. The van der Waals surface area contributed by atoms with Crippen LogP contribution in [-0.4, -0.2) is 12.5 Å². The number of allylic oxidation sites excluding steroid dienone is 1. The molecule has 0 radical (unpaired) electrons. The predicted octanol–water partition coefficient (Wildman–Crippen LogP) is 5.59. The zero-order valence-corrected chi connectivity index (χ0v) is 15.7. The molecule has 28 heavy (non-hydrogen) atoms. The van der Waals surface area contributed by atoms with E-state index in [4.69, 9.17) is 19.2 Å². The van der Waals surface area contributed by atoms with Crippen LogP contribution in [0.1, 0.15) is 22.3 Å². The van der Waals surface area contributed by atoms with Crippen LogP contribution in [0.2, 0.25) is 0 Å². The summed E-state index contributed by atoms with van der Waals surface area (Å²) in [5, 5.41) is 0. The van der Waals surface area contributed by atoms with Crippen LogP contribution >= 0.6 is 0 Å². The standard InChI is InChI=1S/C24H19NO3/c1-15-9-16(2)11-18(10-15)20-13-23(28-21-6-4-3-5-19(21)25-20)17-7-8-22-24(12-17)27-14-26-22/h3-13H,14H2,1-2H3. The first-order valence-electron chi connectivity index (χ1n) is 9.22. The fourth-order valence-electron chi connectivity index (χ4n) is 3.53. The Bertz CT molecular complexity index is 1120. The normalized spacial score (nSPS) is 14.5. The van der Waals surface area contributed by atoms with Gasteiger partial charge in [-0.1, -0.05) is 29.3 Å². The van der Waals surface area contributed by atoms with E-state index < -0.39 is 0 Å². The van der Waals surface area contributed by atoms with Crippen LogP contribution in [0.5, 0.6) is 17.2 Å². The van der Waals surface area contributed by atoms with Gasteiger partial charge in [0.15, 0.2) is 17.2 Å². The van der Waals surface area contributed by atoms with Crippen molar-refractivity contribution in [1.29, 1.82) is 0 Å². The molecular weight excluding hydrogens is 350 g/mol. The SMILES string of the molecule is Cc1cc(C)cc(C2=Nc3ccccc3OC(c3ccc4c(c3)OCO4)=C2)c1. The Labute approximate surface area is 163 Å². The summed E-state index contributed by atoms with van der Waals surface area (Å²) in [6, 6.07) is 20.1. The lowest BCUT2D eigenvalue weighted by Gasteiger charge is -2.10. The maximum absolute atomic E-state index is 6.27. The first kappa shape index (κ1) is 16.6. The van der Waals surface area contributed by atoms with Gasteiger partial charge in [0.1, 0.15) is 11.4 Å². The molecule has 2 aliphatic heterocycles. The number of aryl methyl sites for hydroxylation is 2. The molecule has 0 N–H and O–H groups in total.